The monoisotopic (exact) mass is 226 g/mol. The van der Waals surface area contributed by atoms with E-state index in [1.54, 1.807) is 11.3 Å². The van der Waals surface area contributed by atoms with Crippen molar-refractivity contribution in [2.24, 2.45) is 5.92 Å². The maximum atomic E-state index is 9.58. The minimum Gasteiger partial charge on any atom is -0.393 e. The molecule has 0 saturated carbocycles. The van der Waals surface area contributed by atoms with Gasteiger partial charge in [-0.1, -0.05) is 0 Å². The zero-order chi connectivity index (χ0) is 10.7. The van der Waals surface area contributed by atoms with Gasteiger partial charge < -0.3 is 5.11 Å². The lowest BCUT2D eigenvalue weighted by Crippen LogP contribution is -2.38. The summed E-state index contributed by atoms with van der Waals surface area (Å²) in [4.78, 5) is 6.70. The number of aliphatic hydroxyl groups is 1. The van der Waals surface area contributed by atoms with E-state index in [1.807, 2.05) is 18.5 Å². The number of hydrogen-bond donors (Lipinski definition) is 1. The molecule has 2 atom stereocenters. The zero-order valence-electron chi connectivity index (χ0n) is 9.09. The predicted octanol–water partition coefficient (Wildman–Crippen LogP) is 1.74. The van der Waals surface area contributed by atoms with Crippen molar-refractivity contribution in [2.75, 3.05) is 13.1 Å². The number of rotatable bonds is 3. The molecule has 1 aliphatic rings. The molecule has 84 valence electrons. The molecule has 0 radical (unpaired) electrons. The molecular formula is C11H18N2OS. The maximum Gasteiger partial charge on any atom is 0.107 e. The zero-order valence-corrected chi connectivity index (χ0v) is 9.91. The highest BCUT2D eigenvalue weighted by atomic mass is 32.1. The molecule has 0 amide bonds. The average molecular weight is 226 g/mol. The van der Waals surface area contributed by atoms with Gasteiger partial charge in [0.05, 0.1) is 12.6 Å². The van der Waals surface area contributed by atoms with Crippen LogP contribution in [0.2, 0.25) is 0 Å². The van der Waals surface area contributed by atoms with E-state index < -0.39 is 0 Å². The Hall–Kier alpha value is -0.450. The minimum absolute atomic E-state index is 0.177. The number of nitrogens with zero attached hydrogens (tertiary/aromatic N) is 2. The van der Waals surface area contributed by atoms with E-state index in [-0.39, 0.29) is 6.10 Å². The number of likely N-dealkylation sites (tertiary alicyclic amines) is 1. The van der Waals surface area contributed by atoms with Crippen molar-refractivity contribution < 1.29 is 5.11 Å². The van der Waals surface area contributed by atoms with E-state index in [1.165, 1.54) is 11.4 Å². The fourth-order valence-corrected chi connectivity index (χ4v) is 2.81. The third kappa shape index (κ3) is 3.00. The summed E-state index contributed by atoms with van der Waals surface area (Å²) in [5, 5.41) is 12.8. The molecule has 2 rings (SSSR count). The lowest BCUT2D eigenvalue weighted by Gasteiger charge is -2.33. The van der Waals surface area contributed by atoms with Crippen LogP contribution in [0.1, 0.15) is 24.8 Å². The summed E-state index contributed by atoms with van der Waals surface area (Å²) in [5.74, 6) is 0.443. The molecule has 0 bridgehead atoms. The highest BCUT2D eigenvalue weighted by Crippen LogP contribution is 2.21. The Balaban J connectivity index is 1.88. The van der Waals surface area contributed by atoms with E-state index >= 15 is 0 Å². The van der Waals surface area contributed by atoms with Gasteiger partial charge in [0, 0.05) is 18.1 Å². The molecule has 4 heteroatoms. The van der Waals surface area contributed by atoms with Crippen LogP contribution in [-0.4, -0.2) is 34.2 Å². The molecule has 0 aromatic carbocycles. The van der Waals surface area contributed by atoms with Gasteiger partial charge in [-0.05, 0) is 32.2 Å². The summed E-state index contributed by atoms with van der Waals surface area (Å²) in [7, 11) is 0. The molecule has 1 aliphatic heterocycles. The Morgan fingerprint density at radius 1 is 1.73 bits per heavy atom. The quantitative estimate of drug-likeness (QED) is 0.853. The lowest BCUT2D eigenvalue weighted by molar-refractivity contribution is 0.0599. The molecule has 1 aromatic heterocycles. The van der Waals surface area contributed by atoms with Crippen molar-refractivity contribution in [3.63, 3.8) is 0 Å². The van der Waals surface area contributed by atoms with Crippen LogP contribution >= 0.6 is 11.3 Å². The topological polar surface area (TPSA) is 36.4 Å². The molecule has 2 unspecified atom stereocenters. The molecule has 0 aliphatic carbocycles. The third-order valence-electron chi connectivity index (χ3n) is 3.07. The van der Waals surface area contributed by atoms with E-state index in [9.17, 15) is 5.11 Å². The van der Waals surface area contributed by atoms with Gasteiger partial charge in [-0.3, -0.25) is 4.90 Å². The highest BCUT2D eigenvalue weighted by Gasteiger charge is 2.23. The Bertz CT molecular complexity index is 287. The Morgan fingerprint density at radius 3 is 3.27 bits per heavy atom. The van der Waals surface area contributed by atoms with Gasteiger partial charge >= 0.3 is 0 Å². The molecule has 1 fully saturated rings. The van der Waals surface area contributed by atoms with E-state index in [2.05, 4.69) is 9.88 Å². The van der Waals surface area contributed by atoms with E-state index in [4.69, 9.17) is 0 Å². The Labute approximate surface area is 94.8 Å². The number of aliphatic hydroxyl groups excluding tert-OH is 1. The van der Waals surface area contributed by atoms with Gasteiger partial charge in [0.25, 0.3) is 0 Å². The van der Waals surface area contributed by atoms with Crippen LogP contribution in [0.3, 0.4) is 0 Å². The molecule has 15 heavy (non-hydrogen) atoms. The van der Waals surface area contributed by atoms with Crippen LogP contribution in [0.4, 0.5) is 0 Å². The number of piperidine rings is 1. The summed E-state index contributed by atoms with van der Waals surface area (Å²) in [5.41, 5.74) is 0. The van der Waals surface area contributed by atoms with Crippen molar-refractivity contribution in [1.82, 2.24) is 9.88 Å². The Morgan fingerprint density at radius 2 is 2.60 bits per heavy atom. The summed E-state index contributed by atoms with van der Waals surface area (Å²) >= 11 is 1.71. The van der Waals surface area contributed by atoms with Gasteiger partial charge in [-0.2, -0.15) is 0 Å². The summed E-state index contributed by atoms with van der Waals surface area (Å²) in [6, 6.07) is 0. The second kappa shape index (κ2) is 5.05. The van der Waals surface area contributed by atoms with Crippen molar-refractivity contribution >= 4 is 11.3 Å². The fourth-order valence-electron chi connectivity index (χ4n) is 2.15. The fraction of sp³-hybridized carbons (Fsp3) is 0.727. The minimum atomic E-state index is -0.177. The summed E-state index contributed by atoms with van der Waals surface area (Å²) < 4.78 is 0. The summed E-state index contributed by atoms with van der Waals surface area (Å²) in [6.07, 6.45) is 4.03. The van der Waals surface area contributed by atoms with Gasteiger partial charge in [-0.25, -0.2) is 4.98 Å². The molecule has 1 saturated heterocycles. The Kier molecular flexibility index (Phi) is 3.72. The molecule has 3 nitrogen and oxygen atoms in total. The second-order valence-electron chi connectivity index (χ2n) is 4.30. The van der Waals surface area contributed by atoms with Crippen molar-refractivity contribution in [3.8, 4) is 0 Å². The smallest absolute Gasteiger partial charge is 0.107 e. The van der Waals surface area contributed by atoms with Gasteiger partial charge in [-0.15, -0.1) is 11.3 Å². The van der Waals surface area contributed by atoms with Crippen LogP contribution in [0.15, 0.2) is 11.6 Å². The summed E-state index contributed by atoms with van der Waals surface area (Å²) in [6.45, 7) is 5.00. The standard InChI is InChI=1S/C11H18N2OS/c1-9(14)10-3-2-5-13(7-10)8-11-12-4-6-15-11/h4,6,9-10,14H,2-3,5,7-8H2,1H3. The largest absolute Gasteiger partial charge is 0.393 e. The number of aromatic nitrogens is 1. The van der Waals surface area contributed by atoms with Crippen molar-refractivity contribution in [3.05, 3.63) is 16.6 Å². The predicted molar refractivity (Wildman–Crippen MR) is 61.8 cm³/mol. The first-order chi connectivity index (χ1) is 7.25. The molecule has 2 heterocycles. The van der Waals surface area contributed by atoms with Crippen LogP contribution in [0.5, 0.6) is 0 Å². The van der Waals surface area contributed by atoms with Gasteiger partial charge in [0.2, 0.25) is 0 Å². The van der Waals surface area contributed by atoms with Crippen molar-refractivity contribution in [2.45, 2.75) is 32.4 Å². The lowest BCUT2D eigenvalue weighted by atomic mass is 9.93. The van der Waals surface area contributed by atoms with Crippen LogP contribution in [0.25, 0.3) is 0 Å². The van der Waals surface area contributed by atoms with Gasteiger partial charge in [0.15, 0.2) is 0 Å². The maximum absolute atomic E-state index is 9.58. The van der Waals surface area contributed by atoms with Gasteiger partial charge in [0.1, 0.15) is 5.01 Å². The van der Waals surface area contributed by atoms with Crippen LogP contribution < -0.4 is 0 Å². The highest BCUT2D eigenvalue weighted by molar-refractivity contribution is 7.09. The molecule has 0 spiro atoms. The number of hydrogen-bond acceptors (Lipinski definition) is 4. The average Bonchev–Trinajstić information content (AvgIpc) is 2.71. The van der Waals surface area contributed by atoms with Crippen LogP contribution in [0, 0.1) is 5.92 Å². The molecule has 1 N–H and O–H groups in total. The van der Waals surface area contributed by atoms with E-state index in [0.717, 1.165) is 26.1 Å². The first-order valence-corrected chi connectivity index (χ1v) is 6.42. The van der Waals surface area contributed by atoms with Crippen molar-refractivity contribution in [1.29, 1.82) is 0 Å². The SMILES string of the molecule is CC(O)C1CCCN(Cc2nccs2)C1. The number of thiazole rings is 1. The molecule has 1 aromatic rings. The first kappa shape index (κ1) is 11.0. The first-order valence-electron chi connectivity index (χ1n) is 5.54. The third-order valence-corrected chi connectivity index (χ3v) is 3.83. The second-order valence-corrected chi connectivity index (χ2v) is 5.28. The normalized spacial score (nSPS) is 25.3. The molecular weight excluding hydrogens is 208 g/mol. The van der Waals surface area contributed by atoms with E-state index in [0.29, 0.717) is 5.92 Å². The van der Waals surface area contributed by atoms with Crippen LogP contribution in [-0.2, 0) is 6.54 Å².